The number of hydrogen-bond acceptors (Lipinski definition) is 8. The number of Topliss-reactive ketones (excluding diaryl/α,β-unsaturated/α-hetero) is 1. The van der Waals surface area contributed by atoms with Gasteiger partial charge in [-0.1, -0.05) is 30.3 Å². The fraction of sp³-hybridized carbons (Fsp3) is 0.171. The molecule has 1 atom stereocenters. The van der Waals surface area contributed by atoms with Crippen LogP contribution in [0.15, 0.2) is 94.6 Å². The van der Waals surface area contributed by atoms with Crippen LogP contribution in [0.3, 0.4) is 0 Å². The molecule has 0 radical (unpaired) electrons. The number of nitrogens with one attached hydrogen (secondary N) is 2. The number of aromatic nitrogens is 2. The quantitative estimate of drug-likeness (QED) is 0.168. The predicted octanol–water partition coefficient (Wildman–Crippen LogP) is 5.13. The molecule has 0 aliphatic heterocycles. The van der Waals surface area contributed by atoms with Crippen LogP contribution < -0.4 is 10.9 Å². The fourth-order valence-electron chi connectivity index (χ4n) is 5.24. The van der Waals surface area contributed by atoms with Crippen LogP contribution >= 0.6 is 0 Å². The van der Waals surface area contributed by atoms with Gasteiger partial charge in [0.15, 0.2) is 15.6 Å². The summed E-state index contributed by atoms with van der Waals surface area (Å²) in [5, 5.41) is 29.7. The van der Waals surface area contributed by atoms with Gasteiger partial charge in [0.05, 0.1) is 44.5 Å². The molecule has 5 aromatic rings. The Morgan fingerprint density at radius 2 is 1.62 bits per heavy atom. The highest BCUT2D eigenvalue weighted by Crippen LogP contribution is 2.33. The van der Waals surface area contributed by atoms with Crippen LogP contribution in [-0.2, 0) is 33.6 Å². The number of alkyl halides is 3. The number of sulfone groups is 1. The third kappa shape index (κ3) is 7.77. The van der Waals surface area contributed by atoms with Crippen LogP contribution in [0.4, 0.5) is 23.2 Å². The highest BCUT2D eigenvalue weighted by Gasteiger charge is 2.38. The number of rotatable bonds is 10. The van der Waals surface area contributed by atoms with E-state index in [4.69, 9.17) is 5.26 Å². The van der Waals surface area contributed by atoms with Crippen LogP contribution in [0, 0.1) is 17.1 Å². The molecule has 0 aliphatic carbocycles. The van der Waals surface area contributed by atoms with Crippen LogP contribution in [-0.4, -0.2) is 46.8 Å². The summed E-state index contributed by atoms with van der Waals surface area (Å²) in [6.07, 6.45) is -5.45. The molecule has 4 aromatic carbocycles. The lowest BCUT2D eigenvalue weighted by Gasteiger charge is -2.22. The van der Waals surface area contributed by atoms with Gasteiger partial charge in [-0.3, -0.25) is 14.4 Å². The number of anilines is 1. The Balaban J connectivity index is 1.27. The smallest absolute Gasteiger partial charge is 0.381 e. The summed E-state index contributed by atoms with van der Waals surface area (Å²) in [4.78, 5) is 37.6. The van der Waals surface area contributed by atoms with E-state index in [0.29, 0.717) is 28.1 Å². The number of halogens is 4. The van der Waals surface area contributed by atoms with E-state index in [1.807, 2.05) is 0 Å². The lowest BCUT2D eigenvalue weighted by atomic mass is 9.94. The number of benzene rings is 4. The number of amides is 1. The zero-order valence-corrected chi connectivity index (χ0v) is 26.8. The number of carbonyl (C=O) groups excluding carboxylic acids is 2. The number of H-pyrrole nitrogens is 1. The number of aromatic amines is 1. The van der Waals surface area contributed by atoms with Crippen LogP contribution in [0.1, 0.15) is 45.2 Å². The number of ketones is 1. The standard InChI is InChI=1S/C35H26F4N4O6S/c1-34(47,31(44)17-21-6-8-22(18-40)28(15-21)35(37,38)39)19-50(48,49)24-11-9-23(10-12-24)41-32(45)27-14-20(7-13-29(27)36)16-30-25-4-2-3-5-26(25)33(46)43-42-30/h2-15,47H,16-17,19H2,1H3,(H,41,45)(H,43,46)/t34-/m0/s1. The molecule has 0 spiro atoms. The second-order valence-electron chi connectivity index (χ2n) is 11.6. The first-order chi connectivity index (χ1) is 23.5. The fourth-order valence-corrected chi connectivity index (χ4v) is 6.86. The van der Waals surface area contributed by atoms with E-state index >= 15 is 0 Å². The summed E-state index contributed by atoms with van der Waals surface area (Å²) in [6.45, 7) is 0.925. The molecular weight excluding hydrogens is 680 g/mol. The molecule has 3 N–H and O–H groups in total. The summed E-state index contributed by atoms with van der Waals surface area (Å²) < 4.78 is 80.9. The molecule has 0 aliphatic rings. The van der Waals surface area contributed by atoms with E-state index < -0.39 is 62.4 Å². The van der Waals surface area contributed by atoms with E-state index in [2.05, 4.69) is 15.5 Å². The van der Waals surface area contributed by atoms with Gasteiger partial charge >= 0.3 is 6.18 Å². The van der Waals surface area contributed by atoms with Crippen molar-refractivity contribution in [1.82, 2.24) is 10.2 Å². The lowest BCUT2D eigenvalue weighted by Crippen LogP contribution is -2.43. The van der Waals surface area contributed by atoms with Crippen molar-refractivity contribution in [1.29, 1.82) is 5.26 Å². The number of fused-ring (bicyclic) bond motifs is 1. The van der Waals surface area contributed by atoms with Crippen LogP contribution in [0.25, 0.3) is 10.8 Å². The summed E-state index contributed by atoms with van der Waals surface area (Å²) in [5.41, 5.74) is -4.17. The number of nitrogens with zero attached hydrogens (tertiary/aromatic N) is 2. The third-order valence-corrected chi connectivity index (χ3v) is 9.77. The van der Waals surface area contributed by atoms with Gasteiger partial charge < -0.3 is 10.4 Å². The van der Waals surface area contributed by atoms with E-state index in [0.717, 1.165) is 37.3 Å². The highest BCUT2D eigenvalue weighted by atomic mass is 32.2. The topological polar surface area (TPSA) is 170 Å². The van der Waals surface area contributed by atoms with Crippen molar-refractivity contribution in [2.45, 2.75) is 36.4 Å². The van der Waals surface area contributed by atoms with E-state index in [1.165, 1.54) is 30.3 Å². The Morgan fingerprint density at radius 1 is 0.960 bits per heavy atom. The maximum absolute atomic E-state index is 14.7. The van der Waals surface area contributed by atoms with Gasteiger partial charge in [0.1, 0.15) is 11.4 Å². The average molecular weight is 707 g/mol. The van der Waals surface area contributed by atoms with Crippen LogP contribution in [0.5, 0.6) is 0 Å². The average Bonchev–Trinajstić information content (AvgIpc) is 3.06. The molecule has 1 aromatic heterocycles. The molecule has 256 valence electrons. The zero-order valence-electron chi connectivity index (χ0n) is 26.0. The van der Waals surface area contributed by atoms with Gasteiger partial charge in [-0.25, -0.2) is 17.9 Å². The second kappa shape index (κ2) is 13.7. The zero-order chi connectivity index (χ0) is 36.4. The molecule has 0 saturated heterocycles. The summed E-state index contributed by atoms with van der Waals surface area (Å²) in [5.74, 6) is -3.85. The molecule has 0 bridgehead atoms. The van der Waals surface area contributed by atoms with Crippen molar-refractivity contribution in [3.05, 3.63) is 135 Å². The normalized spacial score (nSPS) is 13.0. The molecule has 15 heteroatoms. The number of nitriles is 1. The Morgan fingerprint density at radius 3 is 2.28 bits per heavy atom. The molecular formula is C35H26F4N4O6S. The second-order valence-corrected chi connectivity index (χ2v) is 13.6. The lowest BCUT2D eigenvalue weighted by molar-refractivity contribution is -0.138. The first-order valence-corrected chi connectivity index (χ1v) is 16.4. The Kier molecular flexibility index (Phi) is 9.72. The summed E-state index contributed by atoms with van der Waals surface area (Å²) >= 11 is 0. The van der Waals surface area contributed by atoms with E-state index in [-0.39, 0.29) is 33.7 Å². The van der Waals surface area contributed by atoms with Crippen molar-refractivity contribution in [2.24, 2.45) is 0 Å². The van der Waals surface area contributed by atoms with Crippen molar-refractivity contribution < 1.29 is 40.7 Å². The largest absolute Gasteiger partial charge is 0.417 e. The Labute approximate surface area is 281 Å². The maximum Gasteiger partial charge on any atom is 0.417 e. The summed E-state index contributed by atoms with van der Waals surface area (Å²) in [7, 11) is -4.35. The minimum Gasteiger partial charge on any atom is -0.381 e. The maximum atomic E-state index is 14.7. The minimum atomic E-state index is -4.88. The Bertz CT molecular complexity index is 2350. The van der Waals surface area contributed by atoms with Crippen LogP contribution in [0.2, 0.25) is 0 Å². The predicted molar refractivity (Wildman–Crippen MR) is 174 cm³/mol. The van der Waals surface area contributed by atoms with Gasteiger partial charge in [0, 0.05) is 23.9 Å². The molecule has 0 saturated carbocycles. The SMILES string of the molecule is C[C@](O)(CS(=O)(=O)c1ccc(NC(=O)c2cc(Cc3n[nH]c(=O)c4ccccc34)ccc2F)cc1)C(=O)Cc1ccc(C#N)c(C(F)(F)F)c1. The Hall–Kier alpha value is -5.72. The van der Waals surface area contributed by atoms with Gasteiger partial charge in [-0.05, 0) is 72.6 Å². The monoisotopic (exact) mass is 706 g/mol. The highest BCUT2D eigenvalue weighted by molar-refractivity contribution is 7.91. The van der Waals surface area contributed by atoms with Gasteiger partial charge in [0.25, 0.3) is 11.5 Å². The number of carbonyl (C=O) groups is 2. The molecule has 50 heavy (non-hydrogen) atoms. The van der Waals surface area contributed by atoms with Gasteiger partial charge in [-0.2, -0.15) is 23.5 Å². The van der Waals surface area contributed by atoms with Crippen molar-refractivity contribution >= 4 is 38.0 Å². The van der Waals surface area contributed by atoms with Crippen molar-refractivity contribution in [3.63, 3.8) is 0 Å². The van der Waals surface area contributed by atoms with Crippen molar-refractivity contribution in [3.8, 4) is 6.07 Å². The van der Waals surface area contributed by atoms with Gasteiger partial charge in [-0.15, -0.1) is 0 Å². The summed E-state index contributed by atoms with van der Waals surface area (Å²) in [6, 6.07) is 19.4. The molecule has 1 heterocycles. The van der Waals surface area contributed by atoms with E-state index in [1.54, 1.807) is 24.3 Å². The molecule has 5 rings (SSSR count). The third-order valence-electron chi connectivity index (χ3n) is 7.84. The van der Waals surface area contributed by atoms with Crippen molar-refractivity contribution in [2.75, 3.05) is 11.1 Å². The first-order valence-electron chi connectivity index (χ1n) is 14.7. The minimum absolute atomic E-state index is 0.0937. The molecule has 0 fully saturated rings. The van der Waals surface area contributed by atoms with E-state index in [9.17, 15) is 45.5 Å². The number of aliphatic hydroxyl groups is 1. The molecule has 10 nitrogen and oxygen atoms in total. The molecule has 1 amide bonds. The molecule has 0 unspecified atom stereocenters. The number of hydrogen-bond donors (Lipinski definition) is 3. The first kappa shape index (κ1) is 35.6. The van der Waals surface area contributed by atoms with Gasteiger partial charge in [0.2, 0.25) is 0 Å².